The molecule has 2 aliphatic rings. The zero-order valence-electron chi connectivity index (χ0n) is 18.8. The Bertz CT molecular complexity index is 1350. The largest absolute Gasteiger partial charge is 0.351 e. The van der Waals surface area contributed by atoms with E-state index >= 15 is 0 Å². The molecule has 0 atom stereocenters. The Morgan fingerprint density at radius 1 is 1.11 bits per heavy atom. The summed E-state index contributed by atoms with van der Waals surface area (Å²) >= 11 is 6.05. The van der Waals surface area contributed by atoms with Crippen LogP contribution < -0.4 is 9.80 Å². The number of aryl methyl sites for hydroxylation is 1. The van der Waals surface area contributed by atoms with Crippen LogP contribution in [0.15, 0.2) is 54.9 Å². The zero-order chi connectivity index (χ0) is 24.7. The number of hydrogen-bond acceptors (Lipinski definition) is 6. The maximum atomic E-state index is 14.0. The van der Waals surface area contributed by atoms with Crippen molar-refractivity contribution < 1.29 is 14.0 Å². The van der Waals surface area contributed by atoms with Crippen molar-refractivity contribution in [3.05, 3.63) is 82.4 Å². The molecular weight excluding hydrogens is 471 g/mol. The maximum Gasteiger partial charge on any atom is 0.258 e. The number of nitrogens with zero attached hydrogens (tertiary/aromatic N) is 6. The Kier molecular flexibility index (Phi) is 5.61. The van der Waals surface area contributed by atoms with Gasteiger partial charge in [0, 0.05) is 18.9 Å². The molecule has 2 saturated heterocycles. The molecule has 5 rings (SSSR count). The van der Waals surface area contributed by atoms with Crippen molar-refractivity contribution in [1.29, 1.82) is 5.26 Å². The third-order valence-electron chi connectivity index (χ3n) is 6.39. The molecule has 8 nitrogen and oxygen atoms in total. The fourth-order valence-corrected chi connectivity index (χ4v) is 4.80. The predicted octanol–water partition coefficient (Wildman–Crippen LogP) is 3.08. The lowest BCUT2D eigenvalue weighted by molar-refractivity contribution is -0.153. The lowest BCUT2D eigenvalue weighted by Crippen LogP contribution is -2.81. The highest BCUT2D eigenvalue weighted by Crippen LogP contribution is 2.38. The maximum absolute atomic E-state index is 14.0. The smallest absolute Gasteiger partial charge is 0.258 e. The minimum atomic E-state index is -1.15. The van der Waals surface area contributed by atoms with E-state index in [4.69, 9.17) is 16.9 Å². The normalized spacial score (nSPS) is 16.9. The van der Waals surface area contributed by atoms with Gasteiger partial charge in [0.1, 0.15) is 30.1 Å². The Hall–Kier alpha value is -4.03. The van der Waals surface area contributed by atoms with Crippen molar-refractivity contribution in [2.24, 2.45) is 0 Å². The first-order valence-electron chi connectivity index (χ1n) is 10.9. The van der Waals surface area contributed by atoms with Crippen LogP contribution in [0.4, 0.5) is 16.0 Å². The first kappa shape index (κ1) is 22.7. The number of hydrogen-bond donors (Lipinski definition) is 0. The van der Waals surface area contributed by atoms with E-state index < -0.39 is 5.54 Å². The summed E-state index contributed by atoms with van der Waals surface area (Å²) in [5, 5.41) is 9.48. The number of amides is 2. The molecule has 0 radical (unpaired) electrons. The number of carbonyl (C=O) groups is 2. The van der Waals surface area contributed by atoms with Crippen molar-refractivity contribution in [2.45, 2.75) is 19.0 Å². The van der Waals surface area contributed by atoms with Crippen molar-refractivity contribution >= 4 is 35.1 Å². The Balaban J connectivity index is 1.49. The number of carbonyl (C=O) groups excluding carboxylic acids is 2. The molecule has 2 aliphatic heterocycles. The Labute approximate surface area is 206 Å². The van der Waals surface area contributed by atoms with Crippen LogP contribution in [0, 0.1) is 24.1 Å². The van der Waals surface area contributed by atoms with Gasteiger partial charge in [-0.3, -0.25) is 14.5 Å². The summed E-state index contributed by atoms with van der Waals surface area (Å²) in [6.45, 7) is 2.24. The molecular formula is C25H20ClFN6O2. The highest BCUT2D eigenvalue weighted by Gasteiger charge is 2.60. The quantitative estimate of drug-likeness (QED) is 0.558. The highest BCUT2D eigenvalue weighted by atomic mass is 35.5. The molecule has 0 unspecified atom stereocenters. The van der Waals surface area contributed by atoms with Crippen molar-refractivity contribution in [3.8, 4) is 6.07 Å². The number of rotatable bonds is 4. The molecule has 1 spiro atoms. The van der Waals surface area contributed by atoms with E-state index in [1.165, 1.54) is 29.4 Å². The number of anilines is 2. The minimum absolute atomic E-state index is 0.160. The molecule has 10 heteroatoms. The molecule has 2 fully saturated rings. The summed E-state index contributed by atoms with van der Waals surface area (Å²) in [4.78, 5) is 40.9. The first-order valence-corrected chi connectivity index (χ1v) is 11.3. The van der Waals surface area contributed by atoms with E-state index in [0.717, 1.165) is 5.56 Å². The molecule has 1 aromatic carbocycles. The molecule has 176 valence electrons. The minimum Gasteiger partial charge on any atom is -0.351 e. The van der Waals surface area contributed by atoms with Crippen LogP contribution in [-0.2, 0) is 16.1 Å². The third kappa shape index (κ3) is 3.96. The molecule has 4 heterocycles. The van der Waals surface area contributed by atoms with E-state index in [9.17, 15) is 14.0 Å². The van der Waals surface area contributed by atoms with E-state index in [1.54, 1.807) is 42.2 Å². The monoisotopic (exact) mass is 490 g/mol. The molecule has 2 amide bonds. The summed E-state index contributed by atoms with van der Waals surface area (Å²) < 4.78 is 13.4. The number of benzene rings is 1. The molecule has 2 aromatic heterocycles. The second-order valence-corrected chi connectivity index (χ2v) is 9.13. The van der Waals surface area contributed by atoms with E-state index in [0.29, 0.717) is 27.8 Å². The molecule has 0 aliphatic carbocycles. The van der Waals surface area contributed by atoms with Gasteiger partial charge >= 0.3 is 0 Å². The molecule has 3 aromatic rings. The van der Waals surface area contributed by atoms with Crippen LogP contribution in [0.3, 0.4) is 0 Å². The fraction of sp³-hybridized carbons (Fsp3) is 0.240. The number of pyridine rings is 2. The predicted molar refractivity (Wildman–Crippen MR) is 127 cm³/mol. The number of aromatic nitrogens is 2. The molecule has 0 N–H and O–H groups in total. The summed E-state index contributed by atoms with van der Waals surface area (Å²) in [5.74, 6) is 0.138. The van der Waals surface area contributed by atoms with Gasteiger partial charge in [0.15, 0.2) is 5.54 Å². The zero-order valence-corrected chi connectivity index (χ0v) is 19.5. The van der Waals surface area contributed by atoms with E-state index in [-0.39, 0.29) is 43.8 Å². The van der Waals surface area contributed by atoms with Gasteiger partial charge in [-0.2, -0.15) is 5.26 Å². The van der Waals surface area contributed by atoms with E-state index in [1.807, 2.05) is 11.0 Å². The van der Waals surface area contributed by atoms with Gasteiger partial charge in [0.05, 0.1) is 23.7 Å². The van der Waals surface area contributed by atoms with Crippen LogP contribution in [0.2, 0.25) is 5.02 Å². The topological polar surface area (TPSA) is 93.4 Å². The van der Waals surface area contributed by atoms with Crippen molar-refractivity contribution in [1.82, 2.24) is 14.9 Å². The van der Waals surface area contributed by atoms with Gasteiger partial charge in [-0.15, -0.1) is 0 Å². The number of piperazine rings is 1. The summed E-state index contributed by atoms with van der Waals surface area (Å²) in [6, 6.07) is 13.0. The van der Waals surface area contributed by atoms with E-state index in [2.05, 4.69) is 9.97 Å². The Morgan fingerprint density at radius 2 is 1.86 bits per heavy atom. The van der Waals surface area contributed by atoms with Crippen LogP contribution >= 0.6 is 11.6 Å². The van der Waals surface area contributed by atoms with Crippen LogP contribution in [0.5, 0.6) is 0 Å². The highest BCUT2D eigenvalue weighted by molar-refractivity contribution is 6.30. The first-order chi connectivity index (χ1) is 16.8. The second-order valence-electron chi connectivity index (χ2n) is 8.70. The summed E-state index contributed by atoms with van der Waals surface area (Å²) in [7, 11) is 0. The molecule has 35 heavy (non-hydrogen) atoms. The Morgan fingerprint density at radius 3 is 2.49 bits per heavy atom. The molecule has 0 saturated carbocycles. The lowest BCUT2D eigenvalue weighted by atomic mass is 9.83. The second kappa shape index (κ2) is 8.64. The third-order valence-corrected chi connectivity index (χ3v) is 6.59. The van der Waals surface area contributed by atoms with Gasteiger partial charge in [-0.25, -0.2) is 14.4 Å². The SMILES string of the molecule is Cc1cc(Cl)cnc1N1CC(=O)N(Cc2ccc(F)cc2)C2(CN(c3ccc(C#N)cn3)C2)C1=O. The van der Waals surface area contributed by atoms with Gasteiger partial charge in [0.25, 0.3) is 5.91 Å². The average molecular weight is 491 g/mol. The summed E-state index contributed by atoms with van der Waals surface area (Å²) in [6.07, 6.45) is 2.92. The number of nitriles is 1. The van der Waals surface area contributed by atoms with Gasteiger partial charge in [0.2, 0.25) is 5.91 Å². The molecule has 0 bridgehead atoms. The van der Waals surface area contributed by atoms with Crippen LogP contribution in [0.1, 0.15) is 16.7 Å². The van der Waals surface area contributed by atoms with Gasteiger partial charge in [-0.05, 0) is 48.4 Å². The van der Waals surface area contributed by atoms with Gasteiger partial charge in [-0.1, -0.05) is 23.7 Å². The number of halogens is 2. The van der Waals surface area contributed by atoms with Gasteiger partial charge < -0.3 is 9.80 Å². The summed E-state index contributed by atoms with van der Waals surface area (Å²) in [5.41, 5.74) is 0.690. The average Bonchev–Trinajstić information content (AvgIpc) is 2.82. The van der Waals surface area contributed by atoms with Crippen LogP contribution in [-0.4, -0.2) is 51.9 Å². The van der Waals surface area contributed by atoms with Crippen LogP contribution in [0.25, 0.3) is 0 Å². The fourth-order valence-electron chi connectivity index (χ4n) is 4.59. The standard InChI is InChI=1S/C25H20ClFN6O2/c1-16-8-19(26)11-30-23(16)32-13-22(34)33(12-17-2-5-20(27)6-3-17)25(24(32)35)14-31(15-25)21-7-4-18(9-28)10-29-21/h2-8,10-11H,12-15H2,1H3. The van der Waals surface area contributed by atoms with Crippen molar-refractivity contribution in [3.63, 3.8) is 0 Å². The van der Waals surface area contributed by atoms with Crippen molar-refractivity contribution in [2.75, 3.05) is 29.4 Å². The lowest BCUT2D eigenvalue weighted by Gasteiger charge is -2.58.